The molecule has 0 heterocycles. The zero-order valence-corrected chi connectivity index (χ0v) is 18.5. The number of aryl methyl sites for hydroxylation is 2. The molecular formula is C25H35NO3. The van der Waals surface area contributed by atoms with Crippen LogP contribution in [0.3, 0.4) is 0 Å². The van der Waals surface area contributed by atoms with E-state index < -0.39 is 5.60 Å². The smallest absolute Gasteiger partial charge is 0.256 e. The van der Waals surface area contributed by atoms with Crippen molar-refractivity contribution in [1.29, 1.82) is 0 Å². The summed E-state index contributed by atoms with van der Waals surface area (Å²) in [7, 11) is 0. The Hall–Kier alpha value is -2.33. The molecule has 0 aliphatic carbocycles. The number of benzene rings is 2. The molecule has 1 amide bonds. The summed E-state index contributed by atoms with van der Waals surface area (Å²) in [5, 5.41) is 3.06. The Kier molecular flexibility index (Phi) is 8.71. The topological polar surface area (TPSA) is 47.6 Å². The molecular weight excluding hydrogens is 362 g/mol. The van der Waals surface area contributed by atoms with Crippen molar-refractivity contribution < 1.29 is 14.3 Å². The molecule has 29 heavy (non-hydrogen) atoms. The van der Waals surface area contributed by atoms with Crippen molar-refractivity contribution in [3.8, 4) is 5.75 Å². The van der Waals surface area contributed by atoms with Gasteiger partial charge in [0, 0.05) is 12.3 Å². The lowest BCUT2D eigenvalue weighted by Gasteiger charge is -2.29. The summed E-state index contributed by atoms with van der Waals surface area (Å²) in [5.74, 6) is 0.777. The molecule has 0 saturated heterocycles. The van der Waals surface area contributed by atoms with Crippen LogP contribution in [-0.2, 0) is 16.1 Å². The number of rotatable bonds is 11. The number of ether oxygens (including phenoxy) is 2. The monoisotopic (exact) mass is 397 g/mol. The Bertz CT molecular complexity index is 755. The highest BCUT2D eigenvalue weighted by Crippen LogP contribution is 2.29. The average molecular weight is 398 g/mol. The molecule has 0 aliphatic rings. The molecule has 4 heteroatoms. The number of hydrogen-bond acceptors (Lipinski definition) is 3. The van der Waals surface area contributed by atoms with E-state index >= 15 is 0 Å². The lowest BCUT2D eigenvalue weighted by atomic mass is 9.97. The molecule has 1 unspecified atom stereocenters. The quantitative estimate of drug-likeness (QED) is 0.491. The van der Waals surface area contributed by atoms with Crippen LogP contribution in [0.1, 0.15) is 63.1 Å². The molecule has 4 nitrogen and oxygen atoms in total. The van der Waals surface area contributed by atoms with E-state index in [9.17, 15) is 4.79 Å². The minimum atomic E-state index is -0.809. The van der Waals surface area contributed by atoms with Crippen molar-refractivity contribution in [3.63, 3.8) is 0 Å². The Morgan fingerprint density at radius 2 is 1.69 bits per heavy atom. The molecule has 0 fully saturated rings. The Labute approximate surface area is 175 Å². The highest BCUT2D eigenvalue weighted by atomic mass is 16.5. The lowest BCUT2D eigenvalue weighted by Crippen LogP contribution is -2.43. The molecule has 0 bridgehead atoms. The standard InChI is InChI=1S/C25H35NO3/c1-6-8-14-25(5,29-15-7-2)24(27)26-22-16-19(3)23(20(4)17-22)28-18-21-12-10-9-11-13-21/h9-13,16-17H,6-8,14-15,18H2,1-5H3,(H,26,27). The van der Waals surface area contributed by atoms with Crippen molar-refractivity contribution in [2.24, 2.45) is 0 Å². The fourth-order valence-corrected chi connectivity index (χ4v) is 3.34. The Morgan fingerprint density at radius 1 is 1.03 bits per heavy atom. The summed E-state index contributed by atoms with van der Waals surface area (Å²) >= 11 is 0. The van der Waals surface area contributed by atoms with Gasteiger partial charge in [0.2, 0.25) is 0 Å². The Balaban J connectivity index is 2.10. The molecule has 158 valence electrons. The average Bonchev–Trinajstić information content (AvgIpc) is 2.70. The van der Waals surface area contributed by atoms with E-state index in [0.29, 0.717) is 19.6 Å². The van der Waals surface area contributed by atoms with Crippen LogP contribution in [0.15, 0.2) is 42.5 Å². The van der Waals surface area contributed by atoms with Crippen LogP contribution in [0, 0.1) is 13.8 Å². The molecule has 0 aliphatic heterocycles. The maximum absolute atomic E-state index is 13.0. The van der Waals surface area contributed by atoms with Crippen molar-refractivity contribution in [3.05, 3.63) is 59.2 Å². The van der Waals surface area contributed by atoms with Gasteiger partial charge >= 0.3 is 0 Å². The van der Waals surface area contributed by atoms with Gasteiger partial charge in [-0.05, 0) is 62.4 Å². The predicted octanol–water partition coefficient (Wildman–Crippen LogP) is 6.20. The Morgan fingerprint density at radius 3 is 2.28 bits per heavy atom. The van der Waals surface area contributed by atoms with Crippen LogP contribution in [-0.4, -0.2) is 18.1 Å². The van der Waals surface area contributed by atoms with Gasteiger partial charge in [-0.15, -0.1) is 0 Å². The fraction of sp³-hybridized carbons (Fsp3) is 0.480. The predicted molar refractivity (Wildman–Crippen MR) is 119 cm³/mol. The maximum Gasteiger partial charge on any atom is 0.256 e. The van der Waals surface area contributed by atoms with Crippen LogP contribution in [0.5, 0.6) is 5.75 Å². The van der Waals surface area contributed by atoms with Gasteiger partial charge in [0.25, 0.3) is 5.91 Å². The number of nitrogens with one attached hydrogen (secondary N) is 1. The minimum absolute atomic E-state index is 0.0869. The SMILES string of the molecule is CCCCC(C)(OCCC)C(=O)Nc1cc(C)c(OCc2ccccc2)c(C)c1. The van der Waals surface area contributed by atoms with E-state index in [1.807, 2.05) is 63.2 Å². The summed E-state index contributed by atoms with van der Waals surface area (Å²) in [4.78, 5) is 13.0. The van der Waals surface area contributed by atoms with Crippen LogP contribution in [0.2, 0.25) is 0 Å². The molecule has 1 atom stereocenters. The summed E-state index contributed by atoms with van der Waals surface area (Å²) in [6.45, 7) is 11.2. The second kappa shape index (κ2) is 11.0. The fourth-order valence-electron chi connectivity index (χ4n) is 3.34. The minimum Gasteiger partial charge on any atom is -0.488 e. The van der Waals surface area contributed by atoms with E-state index in [1.54, 1.807) is 0 Å². The third kappa shape index (κ3) is 6.60. The van der Waals surface area contributed by atoms with Crippen LogP contribution < -0.4 is 10.1 Å². The first-order valence-electron chi connectivity index (χ1n) is 10.6. The molecule has 2 aromatic rings. The van der Waals surface area contributed by atoms with Crippen LogP contribution in [0.25, 0.3) is 0 Å². The van der Waals surface area contributed by atoms with Crippen LogP contribution in [0.4, 0.5) is 5.69 Å². The molecule has 1 N–H and O–H groups in total. The van der Waals surface area contributed by atoms with Crippen LogP contribution >= 0.6 is 0 Å². The van der Waals surface area contributed by atoms with E-state index in [1.165, 1.54) is 0 Å². The van der Waals surface area contributed by atoms with Gasteiger partial charge in [0.05, 0.1) is 0 Å². The molecule has 0 saturated carbocycles. The zero-order valence-electron chi connectivity index (χ0n) is 18.5. The molecule has 2 aromatic carbocycles. The van der Waals surface area contributed by atoms with Gasteiger partial charge < -0.3 is 14.8 Å². The first-order valence-corrected chi connectivity index (χ1v) is 10.6. The van der Waals surface area contributed by atoms with Crippen molar-refractivity contribution >= 4 is 11.6 Å². The second-order valence-corrected chi connectivity index (χ2v) is 7.85. The number of amides is 1. The summed E-state index contributed by atoms with van der Waals surface area (Å²) in [5.41, 5.74) is 3.10. The summed E-state index contributed by atoms with van der Waals surface area (Å²) in [6, 6.07) is 14.0. The summed E-state index contributed by atoms with van der Waals surface area (Å²) in [6.07, 6.45) is 3.59. The summed E-state index contributed by atoms with van der Waals surface area (Å²) < 4.78 is 12.0. The first kappa shape index (κ1) is 23.0. The van der Waals surface area contributed by atoms with E-state index in [2.05, 4.69) is 19.2 Å². The van der Waals surface area contributed by atoms with Crippen molar-refractivity contribution in [1.82, 2.24) is 0 Å². The van der Waals surface area contributed by atoms with E-state index in [-0.39, 0.29) is 5.91 Å². The van der Waals surface area contributed by atoms with Gasteiger partial charge in [0.15, 0.2) is 0 Å². The maximum atomic E-state index is 13.0. The molecule has 2 rings (SSSR count). The number of unbranched alkanes of at least 4 members (excludes halogenated alkanes) is 1. The van der Waals surface area contributed by atoms with E-state index in [4.69, 9.17) is 9.47 Å². The third-order valence-electron chi connectivity index (χ3n) is 5.06. The number of hydrogen-bond donors (Lipinski definition) is 1. The second-order valence-electron chi connectivity index (χ2n) is 7.85. The third-order valence-corrected chi connectivity index (χ3v) is 5.06. The highest BCUT2D eigenvalue weighted by Gasteiger charge is 2.33. The molecule has 0 spiro atoms. The van der Waals surface area contributed by atoms with Gasteiger partial charge in [-0.1, -0.05) is 57.0 Å². The van der Waals surface area contributed by atoms with Gasteiger partial charge in [-0.25, -0.2) is 0 Å². The van der Waals surface area contributed by atoms with Crippen molar-refractivity contribution in [2.75, 3.05) is 11.9 Å². The van der Waals surface area contributed by atoms with Gasteiger partial charge in [-0.2, -0.15) is 0 Å². The number of carbonyl (C=O) groups is 1. The largest absolute Gasteiger partial charge is 0.488 e. The molecule has 0 radical (unpaired) electrons. The van der Waals surface area contributed by atoms with Gasteiger partial charge in [0.1, 0.15) is 18.0 Å². The molecule has 0 aromatic heterocycles. The highest BCUT2D eigenvalue weighted by molar-refractivity contribution is 5.97. The number of anilines is 1. The lowest BCUT2D eigenvalue weighted by molar-refractivity contribution is -0.140. The zero-order chi connectivity index (χ0) is 21.3. The number of carbonyl (C=O) groups excluding carboxylic acids is 1. The van der Waals surface area contributed by atoms with Gasteiger partial charge in [-0.3, -0.25) is 4.79 Å². The first-order chi connectivity index (χ1) is 13.9. The van der Waals surface area contributed by atoms with E-state index in [0.717, 1.165) is 47.4 Å². The normalized spacial score (nSPS) is 13.0. The van der Waals surface area contributed by atoms with Crippen molar-refractivity contribution in [2.45, 2.75) is 72.5 Å².